The van der Waals surface area contributed by atoms with Crippen molar-refractivity contribution in [1.82, 2.24) is 19.7 Å². The Morgan fingerprint density at radius 3 is 2.86 bits per heavy atom. The van der Waals surface area contributed by atoms with Gasteiger partial charge in [-0.25, -0.2) is 4.98 Å². The highest BCUT2D eigenvalue weighted by Crippen LogP contribution is 2.22. The smallest absolute Gasteiger partial charge is 0.236 e. The van der Waals surface area contributed by atoms with Crippen LogP contribution in [0.1, 0.15) is 19.9 Å². The molecule has 2 heterocycles. The molecule has 2 rings (SSSR count). The summed E-state index contributed by atoms with van der Waals surface area (Å²) in [6, 6.07) is 3.67. The number of pyridine rings is 1. The van der Waals surface area contributed by atoms with Gasteiger partial charge in [0.2, 0.25) is 11.9 Å². The number of nitrogens with one attached hydrogen (secondary N) is 1. The minimum absolute atomic E-state index is 0.138. The molecule has 0 spiro atoms. The predicted molar refractivity (Wildman–Crippen MR) is 86.1 cm³/mol. The fourth-order valence-electron chi connectivity index (χ4n) is 1.63. The molecule has 112 valence electrons. The maximum atomic E-state index is 11.9. The number of nitrogens with two attached hydrogens (primary N) is 1. The van der Waals surface area contributed by atoms with E-state index in [2.05, 4.69) is 36.4 Å². The molecule has 0 fully saturated rings. The Morgan fingerprint density at radius 2 is 2.24 bits per heavy atom. The van der Waals surface area contributed by atoms with Crippen LogP contribution in [0.2, 0.25) is 0 Å². The van der Waals surface area contributed by atoms with Crippen LogP contribution in [0.15, 0.2) is 28.0 Å². The lowest BCUT2D eigenvalue weighted by Crippen LogP contribution is -2.16. The molecule has 21 heavy (non-hydrogen) atoms. The summed E-state index contributed by atoms with van der Waals surface area (Å²) in [4.78, 5) is 16.0. The first-order valence-electron chi connectivity index (χ1n) is 6.22. The van der Waals surface area contributed by atoms with E-state index in [-0.39, 0.29) is 17.7 Å². The van der Waals surface area contributed by atoms with Gasteiger partial charge in [0.25, 0.3) is 0 Å². The molecule has 2 aromatic heterocycles. The quantitative estimate of drug-likeness (QED) is 0.783. The van der Waals surface area contributed by atoms with Gasteiger partial charge in [0.15, 0.2) is 5.16 Å². The number of hydrogen-bond acceptors (Lipinski definition) is 6. The van der Waals surface area contributed by atoms with Gasteiger partial charge < -0.3 is 11.1 Å². The van der Waals surface area contributed by atoms with Crippen molar-refractivity contribution in [1.29, 1.82) is 0 Å². The Hall–Kier alpha value is -1.61. The van der Waals surface area contributed by atoms with Gasteiger partial charge in [0.1, 0.15) is 5.82 Å². The van der Waals surface area contributed by atoms with Crippen LogP contribution in [-0.4, -0.2) is 31.4 Å². The molecule has 0 aliphatic rings. The van der Waals surface area contributed by atoms with Gasteiger partial charge in [-0.2, -0.15) is 0 Å². The van der Waals surface area contributed by atoms with Gasteiger partial charge in [-0.05, 0) is 41.9 Å². The summed E-state index contributed by atoms with van der Waals surface area (Å²) in [5.74, 6) is 0.908. The number of hydrogen-bond donors (Lipinski definition) is 2. The highest BCUT2D eigenvalue weighted by atomic mass is 79.9. The van der Waals surface area contributed by atoms with E-state index < -0.39 is 0 Å². The van der Waals surface area contributed by atoms with Gasteiger partial charge in [0, 0.05) is 16.7 Å². The summed E-state index contributed by atoms with van der Waals surface area (Å²) in [5, 5.41) is 11.1. The summed E-state index contributed by atoms with van der Waals surface area (Å²) in [6.45, 7) is 3.96. The number of thioether (sulfide) groups is 1. The molecule has 0 radical (unpaired) electrons. The largest absolute Gasteiger partial charge is 0.368 e. The summed E-state index contributed by atoms with van der Waals surface area (Å²) < 4.78 is 2.64. The van der Waals surface area contributed by atoms with Crippen molar-refractivity contribution in [2.24, 2.45) is 0 Å². The number of rotatable bonds is 5. The van der Waals surface area contributed by atoms with Gasteiger partial charge in [-0.15, -0.1) is 10.2 Å². The van der Waals surface area contributed by atoms with Gasteiger partial charge >= 0.3 is 0 Å². The number of anilines is 2. The molecule has 2 aromatic rings. The molecule has 3 N–H and O–H groups in total. The average molecular weight is 371 g/mol. The van der Waals surface area contributed by atoms with E-state index in [9.17, 15) is 4.79 Å². The van der Waals surface area contributed by atoms with Crippen molar-refractivity contribution in [2.45, 2.75) is 25.0 Å². The van der Waals surface area contributed by atoms with Crippen LogP contribution in [0.5, 0.6) is 0 Å². The van der Waals surface area contributed by atoms with E-state index in [0.717, 1.165) is 4.47 Å². The predicted octanol–water partition coefficient (Wildman–Crippen LogP) is 2.33. The highest BCUT2D eigenvalue weighted by Gasteiger charge is 2.14. The number of carbonyl (C=O) groups is 1. The normalized spacial score (nSPS) is 10.9. The van der Waals surface area contributed by atoms with Crippen molar-refractivity contribution in [3.05, 3.63) is 22.8 Å². The number of halogens is 1. The number of nitrogen functional groups attached to an aromatic ring is 1. The Kier molecular flexibility index (Phi) is 5.18. The van der Waals surface area contributed by atoms with Crippen LogP contribution in [0.3, 0.4) is 0 Å². The molecular formula is C12H15BrN6OS. The van der Waals surface area contributed by atoms with Crippen molar-refractivity contribution in [2.75, 3.05) is 16.8 Å². The van der Waals surface area contributed by atoms with Crippen LogP contribution < -0.4 is 11.1 Å². The van der Waals surface area contributed by atoms with E-state index in [1.165, 1.54) is 11.8 Å². The van der Waals surface area contributed by atoms with Crippen LogP contribution in [0, 0.1) is 0 Å². The fraction of sp³-hybridized carbons (Fsp3) is 0.333. The van der Waals surface area contributed by atoms with Crippen molar-refractivity contribution < 1.29 is 4.79 Å². The van der Waals surface area contributed by atoms with E-state index in [4.69, 9.17) is 5.73 Å². The van der Waals surface area contributed by atoms with Crippen LogP contribution >= 0.6 is 27.7 Å². The second-order valence-electron chi connectivity index (χ2n) is 4.50. The zero-order valence-corrected chi connectivity index (χ0v) is 14.0. The lowest BCUT2D eigenvalue weighted by molar-refractivity contribution is -0.113. The molecule has 1 amide bonds. The zero-order valence-electron chi connectivity index (χ0n) is 11.6. The maximum absolute atomic E-state index is 11.9. The van der Waals surface area contributed by atoms with Crippen molar-refractivity contribution in [3.8, 4) is 0 Å². The van der Waals surface area contributed by atoms with Crippen LogP contribution in [-0.2, 0) is 4.79 Å². The maximum Gasteiger partial charge on any atom is 0.236 e. The molecule has 7 nitrogen and oxygen atoms in total. The minimum Gasteiger partial charge on any atom is -0.368 e. The van der Waals surface area contributed by atoms with Gasteiger partial charge in [-0.1, -0.05) is 11.8 Å². The summed E-state index contributed by atoms with van der Waals surface area (Å²) >= 11 is 4.57. The summed E-state index contributed by atoms with van der Waals surface area (Å²) in [6.07, 6.45) is 1.62. The lowest BCUT2D eigenvalue weighted by atomic mass is 10.4. The van der Waals surface area contributed by atoms with Gasteiger partial charge in [-0.3, -0.25) is 9.36 Å². The first-order chi connectivity index (χ1) is 9.97. The molecular weight excluding hydrogens is 356 g/mol. The Bertz CT molecular complexity index is 627. The lowest BCUT2D eigenvalue weighted by Gasteiger charge is -2.11. The van der Waals surface area contributed by atoms with Gasteiger partial charge in [0.05, 0.1) is 5.75 Å². The third kappa shape index (κ3) is 4.18. The molecule has 0 aliphatic heterocycles. The number of aromatic nitrogens is 4. The monoisotopic (exact) mass is 370 g/mol. The molecule has 0 aromatic carbocycles. The Balaban J connectivity index is 1.94. The van der Waals surface area contributed by atoms with Crippen molar-refractivity contribution >= 4 is 45.4 Å². The average Bonchev–Trinajstić information content (AvgIpc) is 2.80. The zero-order chi connectivity index (χ0) is 15.4. The van der Waals surface area contributed by atoms with E-state index in [1.807, 2.05) is 19.9 Å². The molecule has 0 aliphatic carbocycles. The Labute approximate surface area is 134 Å². The first-order valence-corrected chi connectivity index (χ1v) is 8.00. The topological polar surface area (TPSA) is 98.7 Å². The summed E-state index contributed by atoms with van der Waals surface area (Å²) in [5.41, 5.74) is 5.75. The third-order valence-electron chi connectivity index (χ3n) is 2.53. The SMILES string of the molecule is CC(C)n1c(N)nnc1SCC(=O)Nc1ccc(Br)cn1. The molecule has 0 atom stereocenters. The first kappa shape index (κ1) is 15.8. The third-order valence-corrected chi connectivity index (χ3v) is 3.95. The van der Waals surface area contributed by atoms with Crippen molar-refractivity contribution in [3.63, 3.8) is 0 Å². The second-order valence-corrected chi connectivity index (χ2v) is 6.36. The summed E-state index contributed by atoms with van der Waals surface area (Å²) in [7, 11) is 0. The molecule has 0 saturated carbocycles. The van der Waals surface area contributed by atoms with E-state index in [0.29, 0.717) is 16.9 Å². The second kappa shape index (κ2) is 6.90. The Morgan fingerprint density at radius 1 is 1.48 bits per heavy atom. The van der Waals surface area contributed by atoms with E-state index >= 15 is 0 Å². The highest BCUT2D eigenvalue weighted by molar-refractivity contribution is 9.10. The van der Waals surface area contributed by atoms with Crippen LogP contribution in [0.4, 0.5) is 11.8 Å². The number of amides is 1. The molecule has 0 saturated heterocycles. The fourth-order valence-corrected chi connectivity index (χ4v) is 2.74. The van der Waals surface area contributed by atoms with Crippen LogP contribution in [0.25, 0.3) is 0 Å². The molecule has 0 unspecified atom stereocenters. The molecule has 9 heteroatoms. The van der Waals surface area contributed by atoms with E-state index in [1.54, 1.807) is 16.8 Å². The number of nitrogens with zero attached hydrogens (tertiary/aromatic N) is 4. The molecule has 0 bridgehead atoms. The number of carbonyl (C=O) groups excluding carboxylic acids is 1. The minimum atomic E-state index is -0.160. The standard InChI is InChI=1S/C12H15BrN6OS/c1-7(2)19-11(14)17-18-12(19)21-6-10(20)16-9-4-3-8(13)5-15-9/h3-5,7H,6H2,1-2H3,(H2,14,17)(H,15,16,20).